The van der Waals surface area contributed by atoms with Crippen molar-refractivity contribution in [3.05, 3.63) is 0 Å². The number of aliphatic hydroxyl groups is 1. The zero-order valence-corrected chi connectivity index (χ0v) is 14.2. The number of rotatable bonds is 2. The van der Waals surface area contributed by atoms with Crippen LogP contribution in [0.15, 0.2) is 0 Å². The molecule has 2 aliphatic rings. The Morgan fingerprint density at radius 2 is 1.86 bits per heavy atom. The van der Waals surface area contributed by atoms with Crippen LogP contribution in [0.2, 0.25) is 0 Å². The van der Waals surface area contributed by atoms with Gasteiger partial charge in [-0.15, -0.1) is 0 Å². The van der Waals surface area contributed by atoms with Gasteiger partial charge in [0.25, 0.3) is 0 Å². The summed E-state index contributed by atoms with van der Waals surface area (Å²) >= 11 is 0. The van der Waals surface area contributed by atoms with Gasteiger partial charge < -0.3 is 10.4 Å². The van der Waals surface area contributed by atoms with Crippen molar-refractivity contribution in [2.24, 2.45) is 22.7 Å². The summed E-state index contributed by atoms with van der Waals surface area (Å²) in [5, 5.41) is 24.7. The monoisotopic (exact) mass is 292 g/mol. The summed E-state index contributed by atoms with van der Waals surface area (Å²) in [5.74, 6) is 0.876. The minimum absolute atomic E-state index is 0.206. The normalized spacial score (nSPS) is 41.5. The van der Waals surface area contributed by atoms with Crippen molar-refractivity contribution in [2.75, 3.05) is 13.1 Å². The highest BCUT2D eigenvalue weighted by atomic mass is 16.3. The van der Waals surface area contributed by atoms with E-state index in [2.05, 4.69) is 39.1 Å². The summed E-state index contributed by atoms with van der Waals surface area (Å²) in [6.07, 6.45) is 5.53. The summed E-state index contributed by atoms with van der Waals surface area (Å²) in [5.41, 5.74) is -1.02. The third-order valence-corrected chi connectivity index (χ3v) is 6.35. The molecule has 1 aliphatic carbocycles. The number of nitrogens with one attached hydrogen (secondary N) is 1. The van der Waals surface area contributed by atoms with Crippen LogP contribution < -0.4 is 5.32 Å². The van der Waals surface area contributed by atoms with E-state index >= 15 is 0 Å². The maximum Gasteiger partial charge on any atom is 0.0885 e. The highest BCUT2D eigenvalue weighted by Gasteiger charge is 2.56. The van der Waals surface area contributed by atoms with Gasteiger partial charge in [-0.2, -0.15) is 5.26 Å². The molecule has 2 fully saturated rings. The summed E-state index contributed by atoms with van der Waals surface area (Å²) in [6.45, 7) is 10.7. The summed E-state index contributed by atoms with van der Waals surface area (Å²) in [4.78, 5) is 0. The molecule has 1 aliphatic heterocycles. The van der Waals surface area contributed by atoms with Crippen molar-refractivity contribution < 1.29 is 5.11 Å². The summed E-state index contributed by atoms with van der Waals surface area (Å²) in [6, 6.07) is 2.59. The third kappa shape index (κ3) is 2.85. The lowest BCUT2D eigenvalue weighted by Crippen LogP contribution is -2.60. The lowest BCUT2D eigenvalue weighted by molar-refractivity contribution is -0.138. The smallest absolute Gasteiger partial charge is 0.0885 e. The first-order valence-electron chi connectivity index (χ1n) is 8.63. The molecule has 2 atom stereocenters. The summed E-state index contributed by atoms with van der Waals surface area (Å²) < 4.78 is 0. The van der Waals surface area contributed by atoms with Gasteiger partial charge in [-0.05, 0) is 56.4 Å². The predicted octanol–water partition coefficient (Wildman–Crippen LogP) is 3.48. The Labute approximate surface area is 130 Å². The van der Waals surface area contributed by atoms with Crippen LogP contribution in [-0.2, 0) is 0 Å². The Bertz CT molecular complexity index is 398. The van der Waals surface area contributed by atoms with E-state index in [4.69, 9.17) is 0 Å². The van der Waals surface area contributed by atoms with E-state index < -0.39 is 11.0 Å². The SMILES string of the molecule is CCC1CNCCC1(O)C1(C#N)CCC(C(C)(C)C)CC1. The molecule has 1 saturated carbocycles. The zero-order chi connectivity index (χ0) is 15.7. The van der Waals surface area contributed by atoms with E-state index in [1.165, 1.54) is 0 Å². The van der Waals surface area contributed by atoms with Crippen LogP contribution in [0.5, 0.6) is 0 Å². The molecule has 0 spiro atoms. The van der Waals surface area contributed by atoms with Crippen LogP contribution in [0.25, 0.3) is 0 Å². The largest absolute Gasteiger partial charge is 0.388 e. The average Bonchev–Trinajstić information content (AvgIpc) is 2.46. The molecule has 0 amide bonds. The second-order valence-electron chi connectivity index (χ2n) is 8.32. The van der Waals surface area contributed by atoms with E-state index in [-0.39, 0.29) is 5.92 Å². The Kier molecular flexibility index (Phi) is 4.71. The van der Waals surface area contributed by atoms with E-state index in [0.29, 0.717) is 11.3 Å². The van der Waals surface area contributed by atoms with Gasteiger partial charge in [0, 0.05) is 12.5 Å². The van der Waals surface area contributed by atoms with Crippen LogP contribution >= 0.6 is 0 Å². The fourth-order valence-electron chi connectivity index (χ4n) is 4.66. The Morgan fingerprint density at radius 3 is 2.33 bits per heavy atom. The van der Waals surface area contributed by atoms with E-state index in [1.54, 1.807) is 0 Å². The fourth-order valence-corrected chi connectivity index (χ4v) is 4.66. The minimum atomic E-state index is -0.801. The lowest BCUT2D eigenvalue weighted by Gasteiger charge is -2.53. The van der Waals surface area contributed by atoms with Gasteiger partial charge in [0.1, 0.15) is 0 Å². The van der Waals surface area contributed by atoms with Gasteiger partial charge in [0.05, 0.1) is 17.1 Å². The molecule has 2 rings (SSSR count). The van der Waals surface area contributed by atoms with Crippen molar-refractivity contribution >= 4 is 0 Å². The lowest BCUT2D eigenvalue weighted by atomic mass is 9.54. The second-order valence-corrected chi connectivity index (χ2v) is 8.32. The molecular weight excluding hydrogens is 260 g/mol. The molecule has 1 saturated heterocycles. The molecule has 3 heteroatoms. The number of nitrogens with zero attached hydrogens (tertiary/aromatic N) is 1. The number of piperidine rings is 1. The van der Waals surface area contributed by atoms with Crippen molar-refractivity contribution in [3.63, 3.8) is 0 Å². The van der Waals surface area contributed by atoms with Gasteiger partial charge in [-0.1, -0.05) is 27.7 Å². The molecule has 3 nitrogen and oxygen atoms in total. The van der Waals surface area contributed by atoms with Crippen LogP contribution in [-0.4, -0.2) is 23.8 Å². The van der Waals surface area contributed by atoms with E-state index in [0.717, 1.165) is 51.6 Å². The molecule has 2 N–H and O–H groups in total. The van der Waals surface area contributed by atoms with Crippen LogP contribution in [0.3, 0.4) is 0 Å². The van der Waals surface area contributed by atoms with Gasteiger partial charge in [0.2, 0.25) is 0 Å². The molecule has 0 bridgehead atoms. The third-order valence-electron chi connectivity index (χ3n) is 6.35. The van der Waals surface area contributed by atoms with Gasteiger partial charge >= 0.3 is 0 Å². The van der Waals surface area contributed by atoms with Crippen molar-refractivity contribution in [2.45, 2.75) is 71.8 Å². The first-order chi connectivity index (χ1) is 9.79. The quantitative estimate of drug-likeness (QED) is 0.819. The standard InChI is InChI=1S/C18H32N2O/c1-5-14-12-20-11-10-18(14,21)17(13-19)8-6-15(7-9-17)16(2,3)4/h14-15,20-21H,5-12H2,1-4H3. The highest BCUT2D eigenvalue weighted by molar-refractivity contribution is 5.16. The van der Waals surface area contributed by atoms with Gasteiger partial charge in [0.15, 0.2) is 0 Å². The molecule has 0 radical (unpaired) electrons. The van der Waals surface area contributed by atoms with E-state index in [1.807, 2.05) is 0 Å². The Hall–Kier alpha value is -0.590. The number of hydrogen-bond acceptors (Lipinski definition) is 3. The van der Waals surface area contributed by atoms with Gasteiger partial charge in [-0.25, -0.2) is 0 Å². The molecule has 21 heavy (non-hydrogen) atoms. The molecular formula is C18H32N2O. The topological polar surface area (TPSA) is 56.0 Å². The molecule has 0 aromatic rings. The maximum absolute atomic E-state index is 11.4. The predicted molar refractivity (Wildman–Crippen MR) is 85.7 cm³/mol. The maximum atomic E-state index is 11.4. The van der Waals surface area contributed by atoms with Crippen LogP contribution in [0.1, 0.15) is 66.2 Å². The Balaban J connectivity index is 2.21. The minimum Gasteiger partial charge on any atom is -0.388 e. The molecule has 2 unspecified atom stereocenters. The van der Waals surface area contributed by atoms with Crippen molar-refractivity contribution in [1.29, 1.82) is 5.26 Å². The Morgan fingerprint density at radius 1 is 1.24 bits per heavy atom. The number of nitriles is 1. The first kappa shape index (κ1) is 16.8. The molecule has 0 aromatic heterocycles. The molecule has 120 valence electrons. The van der Waals surface area contributed by atoms with Crippen LogP contribution in [0.4, 0.5) is 0 Å². The average molecular weight is 292 g/mol. The van der Waals surface area contributed by atoms with Crippen molar-refractivity contribution in [3.8, 4) is 6.07 Å². The van der Waals surface area contributed by atoms with E-state index in [9.17, 15) is 10.4 Å². The molecule has 0 aromatic carbocycles. The number of hydrogen-bond donors (Lipinski definition) is 2. The second kappa shape index (κ2) is 5.89. The van der Waals surface area contributed by atoms with Crippen LogP contribution in [0, 0.1) is 34.0 Å². The molecule has 1 heterocycles. The first-order valence-corrected chi connectivity index (χ1v) is 8.63. The fraction of sp³-hybridized carbons (Fsp3) is 0.944. The van der Waals surface area contributed by atoms with Gasteiger partial charge in [-0.3, -0.25) is 0 Å². The summed E-state index contributed by atoms with van der Waals surface area (Å²) in [7, 11) is 0. The highest BCUT2D eigenvalue weighted by Crippen LogP contribution is 2.54. The van der Waals surface area contributed by atoms with Crippen molar-refractivity contribution in [1.82, 2.24) is 5.32 Å². The zero-order valence-electron chi connectivity index (χ0n) is 14.2.